The molecule has 176 valence electrons. The smallest absolute Gasteiger partial charge is 0.311 e. The molecule has 0 bridgehead atoms. The molecule has 34 heavy (non-hydrogen) atoms. The van der Waals surface area contributed by atoms with E-state index in [1.807, 2.05) is 24.3 Å². The maximum absolute atomic E-state index is 12.5. The fourth-order valence-electron chi connectivity index (χ4n) is 3.63. The highest BCUT2D eigenvalue weighted by Crippen LogP contribution is 2.41. The van der Waals surface area contributed by atoms with E-state index in [9.17, 15) is 14.7 Å². The Labute approximate surface area is 214 Å². The van der Waals surface area contributed by atoms with Gasteiger partial charge in [0, 0.05) is 28.1 Å². The van der Waals surface area contributed by atoms with Crippen molar-refractivity contribution in [3.8, 4) is 17.2 Å². The van der Waals surface area contributed by atoms with Crippen molar-refractivity contribution in [1.82, 2.24) is 5.32 Å². The Morgan fingerprint density at radius 1 is 1.15 bits per heavy atom. The zero-order valence-electron chi connectivity index (χ0n) is 17.8. The summed E-state index contributed by atoms with van der Waals surface area (Å²) < 4.78 is 12.4. The third-order valence-corrected chi connectivity index (χ3v) is 6.45. The molecule has 3 aromatic rings. The number of alkyl halides is 1. The number of amides is 1. The first kappa shape index (κ1) is 24.4. The number of benzene rings is 3. The van der Waals surface area contributed by atoms with Gasteiger partial charge in [0.1, 0.15) is 22.7 Å². The van der Waals surface area contributed by atoms with Gasteiger partial charge in [0.2, 0.25) is 0 Å². The van der Waals surface area contributed by atoms with Gasteiger partial charge in [0.15, 0.2) is 0 Å². The van der Waals surface area contributed by atoms with Crippen LogP contribution in [0.3, 0.4) is 0 Å². The standard InChI is InChI=1S/C25H20BrCl2NO5/c26-16-5-1-14(2-6-16)11-23(28)29-24(30)15-3-7-17(8-4-15)34-22-13-21-19(12-20(22)27)18(25(31)32)9-10-33-21/h1-8,12-13,18,23H,9-11H2,(H,29,30)(H,31,32). The minimum absolute atomic E-state index is 0.273. The van der Waals surface area contributed by atoms with Crippen LogP contribution in [0.25, 0.3) is 0 Å². The first-order valence-corrected chi connectivity index (χ1v) is 12.1. The molecule has 9 heteroatoms. The molecule has 2 unspecified atom stereocenters. The molecule has 0 radical (unpaired) electrons. The molecule has 0 aromatic heterocycles. The van der Waals surface area contributed by atoms with Crippen molar-refractivity contribution >= 4 is 51.0 Å². The minimum Gasteiger partial charge on any atom is -0.493 e. The molecule has 2 N–H and O–H groups in total. The molecule has 0 saturated heterocycles. The van der Waals surface area contributed by atoms with Crippen molar-refractivity contribution < 1.29 is 24.2 Å². The van der Waals surface area contributed by atoms with Gasteiger partial charge in [-0.3, -0.25) is 9.59 Å². The van der Waals surface area contributed by atoms with Gasteiger partial charge in [-0.1, -0.05) is 51.3 Å². The van der Waals surface area contributed by atoms with Crippen molar-refractivity contribution in [2.75, 3.05) is 6.61 Å². The van der Waals surface area contributed by atoms with Crippen LogP contribution in [0, 0.1) is 0 Å². The Hall–Kier alpha value is -2.74. The van der Waals surface area contributed by atoms with E-state index in [4.69, 9.17) is 32.7 Å². The molecule has 0 saturated carbocycles. The Morgan fingerprint density at radius 3 is 2.53 bits per heavy atom. The Morgan fingerprint density at radius 2 is 1.85 bits per heavy atom. The summed E-state index contributed by atoms with van der Waals surface area (Å²) in [7, 11) is 0. The van der Waals surface area contributed by atoms with E-state index < -0.39 is 17.4 Å². The third-order valence-electron chi connectivity index (χ3n) is 5.36. The molecule has 1 aliphatic rings. The minimum atomic E-state index is -0.917. The summed E-state index contributed by atoms with van der Waals surface area (Å²) in [4.78, 5) is 24.0. The topological polar surface area (TPSA) is 84.9 Å². The summed E-state index contributed by atoms with van der Waals surface area (Å²) in [5, 5.41) is 12.5. The number of carboxylic acids is 1. The molecule has 0 fully saturated rings. The molecule has 3 aromatic carbocycles. The van der Waals surface area contributed by atoms with E-state index in [-0.39, 0.29) is 10.9 Å². The molecule has 4 rings (SSSR count). The predicted molar refractivity (Wildman–Crippen MR) is 133 cm³/mol. The SMILES string of the molecule is O=C(NC(Cl)Cc1ccc(Br)cc1)c1ccc(Oc2cc3c(cc2Cl)C(C(=O)O)CCO3)cc1. The summed E-state index contributed by atoms with van der Waals surface area (Å²) >= 11 is 16.0. The van der Waals surface area contributed by atoms with E-state index in [1.54, 1.807) is 36.4 Å². The van der Waals surface area contributed by atoms with Gasteiger partial charge < -0.3 is 19.9 Å². The maximum atomic E-state index is 12.5. The lowest BCUT2D eigenvalue weighted by atomic mass is 9.93. The van der Waals surface area contributed by atoms with E-state index in [0.717, 1.165) is 10.0 Å². The molecule has 0 spiro atoms. The number of carbonyl (C=O) groups excluding carboxylic acids is 1. The molecule has 1 aliphatic heterocycles. The number of rotatable bonds is 7. The lowest BCUT2D eigenvalue weighted by Gasteiger charge is -2.24. The predicted octanol–water partition coefficient (Wildman–Crippen LogP) is 6.38. The van der Waals surface area contributed by atoms with Gasteiger partial charge >= 0.3 is 5.97 Å². The van der Waals surface area contributed by atoms with Crippen LogP contribution in [0.5, 0.6) is 17.2 Å². The van der Waals surface area contributed by atoms with Crippen LogP contribution < -0.4 is 14.8 Å². The highest BCUT2D eigenvalue weighted by atomic mass is 79.9. The van der Waals surface area contributed by atoms with Gasteiger partial charge in [-0.05, 0) is 54.4 Å². The van der Waals surface area contributed by atoms with Gasteiger partial charge in [0.25, 0.3) is 5.91 Å². The number of carbonyl (C=O) groups is 2. The molecular weight excluding hydrogens is 545 g/mol. The summed E-state index contributed by atoms with van der Waals surface area (Å²) in [5.41, 5.74) is 1.40. The van der Waals surface area contributed by atoms with E-state index >= 15 is 0 Å². The normalized spacial score (nSPS) is 15.6. The van der Waals surface area contributed by atoms with Gasteiger partial charge in [-0.15, -0.1) is 0 Å². The van der Waals surface area contributed by atoms with Crippen molar-refractivity contribution in [3.05, 3.63) is 86.8 Å². The summed E-state index contributed by atoms with van der Waals surface area (Å²) in [6.07, 6.45) is 0.873. The van der Waals surface area contributed by atoms with E-state index in [1.165, 1.54) is 0 Å². The van der Waals surface area contributed by atoms with Gasteiger partial charge in [-0.25, -0.2) is 0 Å². The highest BCUT2D eigenvalue weighted by Gasteiger charge is 2.29. The molecular formula is C25H20BrCl2NO5. The summed E-state index contributed by atoms with van der Waals surface area (Å²) in [6.45, 7) is 0.304. The van der Waals surface area contributed by atoms with Crippen molar-refractivity contribution in [3.63, 3.8) is 0 Å². The Kier molecular flexibility index (Phi) is 7.66. The van der Waals surface area contributed by atoms with Crippen LogP contribution in [0.15, 0.2) is 65.1 Å². The average Bonchev–Trinajstić information content (AvgIpc) is 2.81. The van der Waals surface area contributed by atoms with Crippen LogP contribution in [0.1, 0.15) is 33.8 Å². The van der Waals surface area contributed by atoms with Crippen LogP contribution >= 0.6 is 39.1 Å². The van der Waals surface area contributed by atoms with Crippen LogP contribution in [-0.2, 0) is 11.2 Å². The van der Waals surface area contributed by atoms with E-state index in [0.29, 0.717) is 47.8 Å². The second-order valence-electron chi connectivity index (χ2n) is 7.75. The first-order valence-electron chi connectivity index (χ1n) is 10.5. The number of carboxylic acid groups (broad SMARTS) is 1. The second-order valence-corrected chi connectivity index (χ2v) is 9.60. The fourth-order valence-corrected chi connectivity index (χ4v) is 4.38. The Bertz CT molecular complexity index is 1200. The van der Waals surface area contributed by atoms with Crippen molar-refractivity contribution in [1.29, 1.82) is 0 Å². The second kappa shape index (κ2) is 10.7. The van der Waals surface area contributed by atoms with Crippen LogP contribution in [0.2, 0.25) is 5.02 Å². The van der Waals surface area contributed by atoms with Crippen LogP contribution in [-0.4, -0.2) is 29.1 Å². The number of hydrogen-bond acceptors (Lipinski definition) is 4. The molecule has 1 amide bonds. The Balaban J connectivity index is 1.40. The molecule has 1 heterocycles. The summed E-state index contributed by atoms with van der Waals surface area (Å²) in [6, 6.07) is 17.4. The summed E-state index contributed by atoms with van der Waals surface area (Å²) in [5.74, 6) is -0.654. The van der Waals surface area contributed by atoms with E-state index in [2.05, 4.69) is 21.2 Å². The zero-order chi connectivity index (χ0) is 24.2. The first-order chi connectivity index (χ1) is 16.3. The van der Waals surface area contributed by atoms with Crippen LogP contribution in [0.4, 0.5) is 0 Å². The largest absolute Gasteiger partial charge is 0.493 e. The zero-order valence-corrected chi connectivity index (χ0v) is 20.9. The molecule has 2 atom stereocenters. The fraction of sp³-hybridized carbons (Fsp3) is 0.200. The monoisotopic (exact) mass is 563 g/mol. The number of nitrogens with one attached hydrogen (secondary N) is 1. The number of ether oxygens (including phenoxy) is 2. The third kappa shape index (κ3) is 5.84. The number of fused-ring (bicyclic) bond motifs is 1. The maximum Gasteiger partial charge on any atom is 0.311 e. The van der Waals surface area contributed by atoms with Gasteiger partial charge in [0.05, 0.1) is 17.5 Å². The van der Waals surface area contributed by atoms with Crippen molar-refractivity contribution in [2.24, 2.45) is 0 Å². The lowest BCUT2D eigenvalue weighted by Crippen LogP contribution is -2.32. The number of aliphatic carboxylic acids is 1. The molecule has 0 aliphatic carbocycles. The quantitative estimate of drug-likeness (QED) is 0.257. The number of halogens is 3. The lowest BCUT2D eigenvalue weighted by molar-refractivity contribution is -0.139. The molecule has 6 nitrogen and oxygen atoms in total. The highest BCUT2D eigenvalue weighted by molar-refractivity contribution is 9.10. The van der Waals surface area contributed by atoms with Gasteiger partial charge in [-0.2, -0.15) is 0 Å². The average molecular weight is 565 g/mol. The number of hydrogen-bond donors (Lipinski definition) is 2. The van der Waals surface area contributed by atoms with Crippen molar-refractivity contribution in [2.45, 2.75) is 24.3 Å².